The Labute approximate surface area is 257 Å². The summed E-state index contributed by atoms with van der Waals surface area (Å²) in [6, 6.07) is 33.6. The maximum absolute atomic E-state index is 11.1. The van der Waals surface area contributed by atoms with Crippen LogP contribution < -0.4 is 24.3 Å². The van der Waals surface area contributed by atoms with Crippen molar-refractivity contribution in [2.24, 2.45) is 0 Å². The Morgan fingerprint density at radius 1 is 0.636 bits per heavy atom. The summed E-state index contributed by atoms with van der Waals surface area (Å²) in [4.78, 5) is 23.2. The first-order valence-corrected chi connectivity index (χ1v) is 14.3. The molecule has 0 aromatic heterocycles. The fraction of sp³-hybridized carbons (Fsp3) is 0.235. The van der Waals surface area contributed by atoms with Crippen LogP contribution in [-0.4, -0.2) is 61.6 Å². The molecule has 4 aromatic carbocycles. The third kappa shape index (κ3) is 12.6. The number of amides is 2. The molecule has 10 heteroatoms. The standard InChI is InChI=1S/2C17H19NO4/c1-2-20-17(19)18-12-13-21-14-8-10-16(11-9-14)22-15-6-4-3-5-7-15;1-2-18(17(19)20)12-13-21-14-8-10-16(11-9-14)22-15-6-4-3-5-7-15/h3-11H,2,12-13H2,1H3,(H,18,19);3-11H,2,12-13H2,1H3,(H,19,20). The van der Waals surface area contributed by atoms with Crippen molar-refractivity contribution in [3.8, 4) is 34.5 Å². The van der Waals surface area contributed by atoms with Crippen LogP contribution in [-0.2, 0) is 4.74 Å². The first-order valence-electron chi connectivity index (χ1n) is 14.3. The highest BCUT2D eigenvalue weighted by molar-refractivity contribution is 5.67. The lowest BCUT2D eigenvalue weighted by Crippen LogP contribution is -2.33. The maximum atomic E-state index is 11.1. The molecule has 232 valence electrons. The number of benzene rings is 4. The summed E-state index contributed by atoms with van der Waals surface area (Å²) in [5.41, 5.74) is 0. The number of nitrogens with one attached hydrogen (secondary N) is 1. The van der Waals surface area contributed by atoms with E-state index in [9.17, 15) is 9.59 Å². The van der Waals surface area contributed by atoms with Crippen LogP contribution in [0.15, 0.2) is 109 Å². The van der Waals surface area contributed by atoms with Gasteiger partial charge in [-0.15, -0.1) is 0 Å². The average Bonchev–Trinajstić information content (AvgIpc) is 3.04. The normalized spacial score (nSPS) is 9.95. The lowest BCUT2D eigenvalue weighted by atomic mass is 10.3. The highest BCUT2D eigenvalue weighted by Crippen LogP contribution is 2.24. The van der Waals surface area contributed by atoms with Gasteiger partial charge in [0.15, 0.2) is 0 Å². The molecular formula is C34H38N2O8. The number of carbonyl (C=O) groups is 2. The van der Waals surface area contributed by atoms with Crippen LogP contribution in [0.4, 0.5) is 9.59 Å². The molecule has 0 saturated carbocycles. The quantitative estimate of drug-likeness (QED) is 0.143. The summed E-state index contributed by atoms with van der Waals surface area (Å²) >= 11 is 0. The van der Waals surface area contributed by atoms with E-state index in [0.717, 1.165) is 23.0 Å². The fourth-order valence-electron chi connectivity index (χ4n) is 3.62. The Hall–Kier alpha value is -5.38. The average molecular weight is 603 g/mol. The maximum Gasteiger partial charge on any atom is 0.407 e. The molecule has 44 heavy (non-hydrogen) atoms. The van der Waals surface area contributed by atoms with Gasteiger partial charge in [0, 0.05) is 6.54 Å². The van der Waals surface area contributed by atoms with Gasteiger partial charge in [0.1, 0.15) is 47.7 Å². The van der Waals surface area contributed by atoms with Gasteiger partial charge in [-0.2, -0.15) is 0 Å². The van der Waals surface area contributed by atoms with Crippen molar-refractivity contribution >= 4 is 12.2 Å². The van der Waals surface area contributed by atoms with Crippen molar-refractivity contribution < 1.29 is 38.4 Å². The monoisotopic (exact) mass is 602 g/mol. The number of alkyl carbamates (subject to hydrolysis) is 1. The van der Waals surface area contributed by atoms with Gasteiger partial charge in [-0.25, -0.2) is 9.59 Å². The van der Waals surface area contributed by atoms with E-state index in [0.29, 0.717) is 51.0 Å². The molecule has 2 amide bonds. The molecule has 2 N–H and O–H groups in total. The number of rotatable bonds is 14. The first-order chi connectivity index (χ1) is 21.5. The van der Waals surface area contributed by atoms with Crippen LogP contribution in [0.3, 0.4) is 0 Å². The molecule has 0 heterocycles. The van der Waals surface area contributed by atoms with Crippen LogP contribution in [0.5, 0.6) is 34.5 Å². The molecule has 0 bridgehead atoms. The fourth-order valence-corrected chi connectivity index (χ4v) is 3.62. The second kappa shape index (κ2) is 18.9. The number of para-hydroxylation sites is 2. The van der Waals surface area contributed by atoms with E-state index in [1.807, 2.05) is 97.1 Å². The summed E-state index contributed by atoms with van der Waals surface area (Å²) in [5, 5.41) is 11.5. The molecule has 0 spiro atoms. The van der Waals surface area contributed by atoms with Crippen LogP contribution in [0, 0.1) is 0 Å². The zero-order chi connectivity index (χ0) is 31.4. The second-order valence-electron chi connectivity index (χ2n) is 8.98. The Bertz CT molecular complexity index is 1370. The Kier molecular flexibility index (Phi) is 14.3. The van der Waals surface area contributed by atoms with E-state index < -0.39 is 12.2 Å². The summed E-state index contributed by atoms with van der Waals surface area (Å²) in [6.07, 6.45) is -1.37. The molecular weight excluding hydrogens is 564 g/mol. The van der Waals surface area contributed by atoms with Gasteiger partial charge in [0.25, 0.3) is 0 Å². The molecule has 0 aliphatic carbocycles. The molecule has 0 unspecified atom stereocenters. The lowest BCUT2D eigenvalue weighted by molar-refractivity contribution is 0.138. The van der Waals surface area contributed by atoms with Crippen molar-refractivity contribution in [3.05, 3.63) is 109 Å². The molecule has 0 atom stereocenters. The molecule has 0 saturated heterocycles. The Balaban J connectivity index is 0.000000240. The number of nitrogens with zero attached hydrogens (tertiary/aromatic N) is 1. The smallest absolute Gasteiger partial charge is 0.407 e. The van der Waals surface area contributed by atoms with Crippen LogP contribution in [0.2, 0.25) is 0 Å². The molecule has 0 aliphatic heterocycles. The molecule has 4 aromatic rings. The number of hydrogen-bond acceptors (Lipinski definition) is 7. The van der Waals surface area contributed by atoms with Gasteiger partial charge in [-0.05, 0) is 86.6 Å². The zero-order valence-electron chi connectivity index (χ0n) is 24.9. The van der Waals surface area contributed by atoms with Gasteiger partial charge in [0.2, 0.25) is 0 Å². The molecule has 4 rings (SSSR count). The largest absolute Gasteiger partial charge is 0.492 e. The molecule has 0 aliphatic rings. The minimum Gasteiger partial charge on any atom is -0.492 e. The lowest BCUT2D eigenvalue weighted by Gasteiger charge is -2.17. The third-order valence-electron chi connectivity index (χ3n) is 5.80. The zero-order valence-corrected chi connectivity index (χ0v) is 24.9. The van der Waals surface area contributed by atoms with Crippen molar-refractivity contribution in [1.29, 1.82) is 0 Å². The van der Waals surface area contributed by atoms with Crippen molar-refractivity contribution in [2.45, 2.75) is 13.8 Å². The van der Waals surface area contributed by atoms with E-state index in [1.54, 1.807) is 26.0 Å². The topological polar surface area (TPSA) is 116 Å². The number of hydrogen-bond donors (Lipinski definition) is 2. The van der Waals surface area contributed by atoms with Crippen LogP contribution in [0.1, 0.15) is 13.8 Å². The van der Waals surface area contributed by atoms with Gasteiger partial charge < -0.3 is 39.0 Å². The molecule has 0 fully saturated rings. The molecule has 0 radical (unpaired) electrons. The first kappa shape index (κ1) is 33.1. The Morgan fingerprint density at radius 3 is 1.50 bits per heavy atom. The van der Waals surface area contributed by atoms with Gasteiger partial charge in [-0.3, -0.25) is 0 Å². The molecule has 10 nitrogen and oxygen atoms in total. The van der Waals surface area contributed by atoms with Crippen molar-refractivity contribution in [3.63, 3.8) is 0 Å². The van der Waals surface area contributed by atoms with Crippen molar-refractivity contribution in [1.82, 2.24) is 10.2 Å². The predicted octanol–water partition coefficient (Wildman–Crippen LogP) is 7.46. The highest BCUT2D eigenvalue weighted by atomic mass is 16.5. The van der Waals surface area contributed by atoms with Gasteiger partial charge >= 0.3 is 12.2 Å². The number of ether oxygens (including phenoxy) is 5. The SMILES string of the molecule is CCN(CCOc1ccc(Oc2ccccc2)cc1)C(=O)O.CCOC(=O)NCCOc1ccc(Oc2ccccc2)cc1. The number of carbonyl (C=O) groups excluding carboxylic acids is 1. The van der Waals surface area contributed by atoms with Gasteiger partial charge in [-0.1, -0.05) is 36.4 Å². The predicted molar refractivity (Wildman–Crippen MR) is 167 cm³/mol. The van der Waals surface area contributed by atoms with E-state index in [4.69, 9.17) is 28.8 Å². The van der Waals surface area contributed by atoms with Gasteiger partial charge in [0.05, 0.1) is 19.7 Å². The summed E-state index contributed by atoms with van der Waals surface area (Å²) in [7, 11) is 0. The van der Waals surface area contributed by atoms with E-state index in [1.165, 1.54) is 4.90 Å². The van der Waals surface area contributed by atoms with E-state index in [-0.39, 0.29) is 0 Å². The Morgan fingerprint density at radius 2 is 1.07 bits per heavy atom. The van der Waals surface area contributed by atoms with Crippen LogP contribution >= 0.6 is 0 Å². The van der Waals surface area contributed by atoms with E-state index >= 15 is 0 Å². The number of carboxylic acid groups (broad SMARTS) is 1. The third-order valence-corrected chi connectivity index (χ3v) is 5.80. The summed E-state index contributed by atoms with van der Waals surface area (Å²) < 4.78 is 27.2. The van der Waals surface area contributed by atoms with Crippen molar-refractivity contribution in [2.75, 3.05) is 39.5 Å². The van der Waals surface area contributed by atoms with Crippen LogP contribution in [0.25, 0.3) is 0 Å². The minimum atomic E-state index is -0.933. The minimum absolute atomic E-state index is 0.318. The number of likely N-dealkylation sites (N-methyl/N-ethyl adjacent to an activating group) is 1. The second-order valence-corrected chi connectivity index (χ2v) is 8.98. The van der Waals surface area contributed by atoms with E-state index in [2.05, 4.69) is 5.32 Å². The highest BCUT2D eigenvalue weighted by Gasteiger charge is 2.08. The summed E-state index contributed by atoms with van der Waals surface area (Å²) in [5.74, 6) is 4.42. The summed E-state index contributed by atoms with van der Waals surface area (Å²) in [6.45, 7) is 5.78.